The number of esters is 2. The highest BCUT2D eigenvalue weighted by Crippen LogP contribution is 2.24. The first-order valence-corrected chi connectivity index (χ1v) is 9.36. The summed E-state index contributed by atoms with van der Waals surface area (Å²) >= 11 is 11.6. The summed E-state index contributed by atoms with van der Waals surface area (Å²) in [4.78, 5) is 26.0. The van der Waals surface area contributed by atoms with E-state index in [2.05, 4.69) is 5.32 Å². The SMILES string of the molecule is CCOC(=O)C1CCCN1C(=S)Nc1ccc(Cl)c(C(=O)OC(C)C)c1. The molecule has 1 aliphatic rings. The van der Waals surface area contributed by atoms with Crippen molar-refractivity contribution in [2.24, 2.45) is 0 Å². The van der Waals surface area contributed by atoms with Crippen molar-refractivity contribution in [3.05, 3.63) is 28.8 Å². The van der Waals surface area contributed by atoms with Crippen LogP contribution in [0.25, 0.3) is 0 Å². The second-order valence-corrected chi connectivity index (χ2v) is 6.98. The average molecular weight is 399 g/mol. The Morgan fingerprint density at radius 2 is 2.15 bits per heavy atom. The Morgan fingerprint density at radius 3 is 2.81 bits per heavy atom. The maximum atomic E-state index is 12.1. The number of carbonyl (C=O) groups is 2. The van der Waals surface area contributed by atoms with Crippen LogP contribution in [0.2, 0.25) is 5.02 Å². The van der Waals surface area contributed by atoms with Gasteiger partial charge in [0.05, 0.1) is 23.3 Å². The predicted octanol–water partition coefficient (Wildman–Crippen LogP) is 3.63. The van der Waals surface area contributed by atoms with Crippen molar-refractivity contribution in [1.29, 1.82) is 0 Å². The quantitative estimate of drug-likeness (QED) is 0.600. The van der Waals surface area contributed by atoms with Crippen molar-refractivity contribution in [2.45, 2.75) is 45.8 Å². The van der Waals surface area contributed by atoms with E-state index in [-0.39, 0.29) is 23.7 Å². The van der Waals surface area contributed by atoms with E-state index in [0.29, 0.717) is 35.4 Å². The number of nitrogens with zero attached hydrogens (tertiary/aromatic N) is 1. The molecule has 1 unspecified atom stereocenters. The van der Waals surface area contributed by atoms with Crippen LogP contribution >= 0.6 is 23.8 Å². The molecule has 1 aromatic rings. The lowest BCUT2D eigenvalue weighted by Gasteiger charge is -2.26. The normalized spacial score (nSPS) is 16.5. The van der Waals surface area contributed by atoms with E-state index in [4.69, 9.17) is 33.3 Å². The van der Waals surface area contributed by atoms with Gasteiger partial charge >= 0.3 is 11.9 Å². The minimum atomic E-state index is -0.495. The number of benzene rings is 1. The number of anilines is 1. The fraction of sp³-hybridized carbons (Fsp3) is 0.500. The lowest BCUT2D eigenvalue weighted by atomic mass is 10.2. The number of carbonyl (C=O) groups excluding carboxylic acids is 2. The highest BCUT2D eigenvalue weighted by molar-refractivity contribution is 7.80. The maximum absolute atomic E-state index is 12.1. The Labute approximate surface area is 163 Å². The summed E-state index contributed by atoms with van der Waals surface area (Å²) < 4.78 is 10.3. The topological polar surface area (TPSA) is 67.9 Å². The van der Waals surface area contributed by atoms with Crippen molar-refractivity contribution in [2.75, 3.05) is 18.5 Å². The van der Waals surface area contributed by atoms with E-state index in [1.165, 1.54) is 0 Å². The van der Waals surface area contributed by atoms with Crippen molar-refractivity contribution < 1.29 is 19.1 Å². The number of nitrogens with one attached hydrogen (secondary N) is 1. The highest BCUT2D eigenvalue weighted by atomic mass is 35.5. The number of hydrogen-bond donors (Lipinski definition) is 1. The third kappa shape index (κ3) is 5.08. The number of halogens is 1. The molecule has 8 heteroatoms. The molecule has 2 rings (SSSR count). The van der Waals surface area contributed by atoms with Gasteiger partial charge in [0.15, 0.2) is 5.11 Å². The van der Waals surface area contributed by atoms with E-state index in [0.717, 1.165) is 6.42 Å². The molecule has 0 spiro atoms. The number of thiocarbonyl (C=S) groups is 1. The molecule has 0 saturated carbocycles. The highest BCUT2D eigenvalue weighted by Gasteiger charge is 2.33. The Hall–Kier alpha value is -1.86. The molecule has 1 atom stereocenters. The second kappa shape index (κ2) is 9.19. The molecule has 0 amide bonds. The third-order valence-corrected chi connectivity index (χ3v) is 4.52. The fourth-order valence-corrected chi connectivity index (χ4v) is 3.26. The number of rotatable bonds is 5. The van der Waals surface area contributed by atoms with Gasteiger partial charge in [-0.05, 0) is 64.0 Å². The molecule has 1 fully saturated rings. The van der Waals surface area contributed by atoms with E-state index in [1.54, 1.807) is 39.0 Å². The van der Waals surface area contributed by atoms with Gasteiger partial charge in [0.1, 0.15) is 6.04 Å². The van der Waals surface area contributed by atoms with Gasteiger partial charge < -0.3 is 19.7 Å². The summed E-state index contributed by atoms with van der Waals surface area (Å²) in [5.41, 5.74) is 0.862. The minimum Gasteiger partial charge on any atom is -0.464 e. The largest absolute Gasteiger partial charge is 0.464 e. The van der Waals surface area contributed by atoms with Crippen LogP contribution in [-0.2, 0) is 14.3 Å². The molecular formula is C18H23ClN2O4S. The van der Waals surface area contributed by atoms with Crippen LogP contribution in [0.4, 0.5) is 5.69 Å². The Bertz CT molecular complexity index is 696. The van der Waals surface area contributed by atoms with Gasteiger partial charge in [0.2, 0.25) is 0 Å². The third-order valence-electron chi connectivity index (χ3n) is 3.85. The van der Waals surface area contributed by atoms with Gasteiger partial charge in [-0.3, -0.25) is 0 Å². The maximum Gasteiger partial charge on any atom is 0.339 e. The fourth-order valence-electron chi connectivity index (χ4n) is 2.73. The van der Waals surface area contributed by atoms with Gasteiger partial charge in [0, 0.05) is 12.2 Å². The summed E-state index contributed by atoms with van der Waals surface area (Å²) in [6.07, 6.45) is 1.32. The standard InChI is InChI=1S/C18H23ClN2O4S/c1-4-24-17(23)15-6-5-9-21(15)18(26)20-12-7-8-14(19)13(10-12)16(22)25-11(2)3/h7-8,10-11,15H,4-6,9H2,1-3H3,(H,20,26). The van der Waals surface area contributed by atoms with Crippen LogP contribution < -0.4 is 5.32 Å². The van der Waals surface area contributed by atoms with Crippen LogP contribution in [0.1, 0.15) is 44.0 Å². The monoisotopic (exact) mass is 398 g/mol. The average Bonchev–Trinajstić information content (AvgIpc) is 3.06. The van der Waals surface area contributed by atoms with E-state index < -0.39 is 5.97 Å². The van der Waals surface area contributed by atoms with Crippen LogP contribution in [0.15, 0.2) is 18.2 Å². The molecule has 142 valence electrons. The Kier molecular flexibility index (Phi) is 7.23. The molecule has 1 N–H and O–H groups in total. The second-order valence-electron chi connectivity index (χ2n) is 6.18. The van der Waals surface area contributed by atoms with Gasteiger partial charge in [0.25, 0.3) is 0 Å². The molecule has 1 saturated heterocycles. The number of ether oxygens (including phenoxy) is 2. The summed E-state index contributed by atoms with van der Waals surface area (Å²) in [5, 5.41) is 3.78. The van der Waals surface area contributed by atoms with Crippen LogP contribution in [0.3, 0.4) is 0 Å². The molecule has 26 heavy (non-hydrogen) atoms. The Morgan fingerprint density at radius 1 is 1.42 bits per heavy atom. The predicted molar refractivity (Wildman–Crippen MR) is 105 cm³/mol. The first-order chi connectivity index (χ1) is 12.3. The zero-order valence-corrected chi connectivity index (χ0v) is 16.7. The van der Waals surface area contributed by atoms with Crippen molar-refractivity contribution in [3.63, 3.8) is 0 Å². The van der Waals surface area contributed by atoms with Crippen molar-refractivity contribution >= 4 is 46.6 Å². The molecule has 0 aromatic heterocycles. The lowest BCUT2D eigenvalue weighted by molar-refractivity contribution is -0.147. The van der Waals surface area contributed by atoms with Crippen molar-refractivity contribution in [1.82, 2.24) is 4.90 Å². The van der Waals surface area contributed by atoms with Crippen LogP contribution in [-0.4, -0.2) is 47.2 Å². The number of likely N-dealkylation sites (tertiary alicyclic amines) is 1. The number of hydrogen-bond acceptors (Lipinski definition) is 5. The van der Waals surface area contributed by atoms with E-state index >= 15 is 0 Å². The van der Waals surface area contributed by atoms with E-state index in [1.807, 2.05) is 4.90 Å². The lowest BCUT2D eigenvalue weighted by Crippen LogP contribution is -2.43. The first-order valence-electron chi connectivity index (χ1n) is 8.58. The molecule has 0 aliphatic carbocycles. The molecule has 1 aromatic carbocycles. The molecule has 1 heterocycles. The van der Waals surface area contributed by atoms with Crippen molar-refractivity contribution in [3.8, 4) is 0 Å². The molecule has 1 aliphatic heterocycles. The minimum absolute atomic E-state index is 0.244. The summed E-state index contributed by atoms with van der Waals surface area (Å²) in [6, 6.07) is 4.54. The summed E-state index contributed by atoms with van der Waals surface area (Å²) in [5.74, 6) is -0.767. The molecule has 0 bridgehead atoms. The van der Waals surface area contributed by atoms with Crippen LogP contribution in [0.5, 0.6) is 0 Å². The van der Waals surface area contributed by atoms with Gasteiger partial charge in [-0.25, -0.2) is 9.59 Å². The van der Waals surface area contributed by atoms with Gasteiger partial charge in [-0.15, -0.1) is 0 Å². The van der Waals surface area contributed by atoms with Crippen LogP contribution in [0, 0.1) is 0 Å². The van der Waals surface area contributed by atoms with E-state index in [9.17, 15) is 9.59 Å². The Balaban J connectivity index is 2.11. The van der Waals surface area contributed by atoms with Gasteiger partial charge in [-0.2, -0.15) is 0 Å². The van der Waals surface area contributed by atoms with Gasteiger partial charge in [-0.1, -0.05) is 11.6 Å². The summed E-state index contributed by atoms with van der Waals surface area (Å²) in [7, 11) is 0. The molecule has 6 nitrogen and oxygen atoms in total. The smallest absolute Gasteiger partial charge is 0.339 e. The first kappa shape index (κ1) is 20.5. The summed E-state index contributed by atoms with van der Waals surface area (Å²) in [6.45, 7) is 6.32. The zero-order chi connectivity index (χ0) is 19.3. The molecule has 0 radical (unpaired) electrons. The molecular weight excluding hydrogens is 376 g/mol. The zero-order valence-electron chi connectivity index (χ0n) is 15.1.